The smallest absolute Gasteiger partial charge is 0.338 e. The summed E-state index contributed by atoms with van der Waals surface area (Å²) in [7, 11) is 0. The van der Waals surface area contributed by atoms with Gasteiger partial charge in [-0.05, 0) is 56.9 Å². The fourth-order valence-electron chi connectivity index (χ4n) is 2.83. The van der Waals surface area contributed by atoms with Gasteiger partial charge in [0.1, 0.15) is 5.75 Å². The molecular formula is C17H23NO4. The van der Waals surface area contributed by atoms with Crippen LogP contribution >= 0.6 is 0 Å². The summed E-state index contributed by atoms with van der Waals surface area (Å²) in [5, 5.41) is 9.22. The monoisotopic (exact) mass is 305 g/mol. The zero-order chi connectivity index (χ0) is 16.1. The van der Waals surface area contributed by atoms with Crippen molar-refractivity contribution in [3.8, 4) is 5.75 Å². The molecule has 0 aliphatic carbocycles. The maximum Gasteiger partial charge on any atom is 0.338 e. The second-order valence-electron chi connectivity index (χ2n) is 5.68. The second-order valence-corrected chi connectivity index (χ2v) is 5.68. The minimum Gasteiger partial charge on any atom is -0.508 e. The molecule has 1 aromatic rings. The minimum atomic E-state index is -0.798. The third-order valence-electron chi connectivity index (χ3n) is 4.12. The SMILES string of the molecule is CCC1CCCCN1C(=O)C(C)OC(=O)c1ccc(O)cc1. The zero-order valence-electron chi connectivity index (χ0n) is 13.1. The van der Waals surface area contributed by atoms with Gasteiger partial charge in [-0.2, -0.15) is 0 Å². The molecule has 5 heteroatoms. The first-order valence-electron chi connectivity index (χ1n) is 7.83. The van der Waals surface area contributed by atoms with Crippen molar-refractivity contribution >= 4 is 11.9 Å². The number of benzene rings is 1. The van der Waals surface area contributed by atoms with Crippen LogP contribution in [0, 0.1) is 0 Å². The number of hydrogen-bond donors (Lipinski definition) is 1. The molecule has 0 bridgehead atoms. The van der Waals surface area contributed by atoms with Crippen molar-refractivity contribution in [1.29, 1.82) is 0 Å². The minimum absolute atomic E-state index is 0.0831. The Morgan fingerprint density at radius 1 is 1.32 bits per heavy atom. The van der Waals surface area contributed by atoms with E-state index >= 15 is 0 Å². The first kappa shape index (κ1) is 16.3. The Balaban J connectivity index is 1.98. The van der Waals surface area contributed by atoms with Crippen LogP contribution in [0.5, 0.6) is 5.75 Å². The molecule has 1 heterocycles. The summed E-state index contributed by atoms with van der Waals surface area (Å²) < 4.78 is 5.27. The predicted octanol–water partition coefficient (Wildman–Crippen LogP) is 2.73. The third kappa shape index (κ3) is 3.78. The topological polar surface area (TPSA) is 66.8 Å². The average molecular weight is 305 g/mol. The number of rotatable bonds is 4. The number of carbonyl (C=O) groups is 2. The van der Waals surface area contributed by atoms with Gasteiger partial charge >= 0.3 is 5.97 Å². The van der Waals surface area contributed by atoms with Gasteiger partial charge in [-0.25, -0.2) is 4.79 Å². The number of phenolic OH excluding ortho intramolecular Hbond substituents is 1. The summed E-state index contributed by atoms with van der Waals surface area (Å²) in [5.41, 5.74) is 0.322. The number of piperidine rings is 1. The molecule has 0 spiro atoms. The molecular weight excluding hydrogens is 282 g/mol. The lowest BCUT2D eigenvalue weighted by Crippen LogP contribution is -2.48. The van der Waals surface area contributed by atoms with Gasteiger partial charge in [0.2, 0.25) is 0 Å². The number of phenols is 1. The van der Waals surface area contributed by atoms with E-state index in [2.05, 4.69) is 6.92 Å². The Kier molecular flexibility index (Phi) is 5.41. The summed E-state index contributed by atoms with van der Waals surface area (Å²) in [6.07, 6.45) is 3.28. The molecule has 0 radical (unpaired) electrons. The molecule has 5 nitrogen and oxygen atoms in total. The molecule has 1 fully saturated rings. The molecule has 2 rings (SSSR count). The van der Waals surface area contributed by atoms with Crippen LogP contribution in [0.25, 0.3) is 0 Å². The van der Waals surface area contributed by atoms with E-state index in [-0.39, 0.29) is 17.7 Å². The summed E-state index contributed by atoms with van der Waals surface area (Å²) in [6.45, 7) is 4.42. The van der Waals surface area contributed by atoms with E-state index in [1.807, 2.05) is 4.90 Å². The predicted molar refractivity (Wildman–Crippen MR) is 82.6 cm³/mol. The molecule has 1 N–H and O–H groups in total. The lowest BCUT2D eigenvalue weighted by molar-refractivity contribution is -0.143. The summed E-state index contributed by atoms with van der Waals surface area (Å²) >= 11 is 0. The van der Waals surface area contributed by atoms with Gasteiger partial charge in [-0.15, -0.1) is 0 Å². The van der Waals surface area contributed by atoms with Crippen LogP contribution in [0.4, 0.5) is 0 Å². The number of hydrogen-bond acceptors (Lipinski definition) is 4. The van der Waals surface area contributed by atoms with Gasteiger partial charge in [-0.1, -0.05) is 6.92 Å². The van der Waals surface area contributed by atoms with E-state index < -0.39 is 12.1 Å². The highest BCUT2D eigenvalue weighted by molar-refractivity contribution is 5.92. The summed E-state index contributed by atoms with van der Waals surface area (Å²) in [5.74, 6) is -0.593. The van der Waals surface area contributed by atoms with Crippen molar-refractivity contribution in [2.75, 3.05) is 6.54 Å². The van der Waals surface area contributed by atoms with Crippen molar-refractivity contribution < 1.29 is 19.4 Å². The molecule has 120 valence electrons. The van der Waals surface area contributed by atoms with Crippen molar-refractivity contribution in [3.05, 3.63) is 29.8 Å². The standard InChI is InChI=1S/C17H23NO4/c1-3-14-6-4-5-11-18(14)16(20)12(2)22-17(21)13-7-9-15(19)10-8-13/h7-10,12,14,19H,3-6,11H2,1-2H3. The molecule has 1 aromatic carbocycles. The maximum absolute atomic E-state index is 12.5. The Labute approximate surface area is 130 Å². The largest absolute Gasteiger partial charge is 0.508 e. The number of aromatic hydroxyl groups is 1. The molecule has 2 unspecified atom stereocenters. The first-order chi connectivity index (χ1) is 10.5. The third-order valence-corrected chi connectivity index (χ3v) is 4.12. The molecule has 22 heavy (non-hydrogen) atoms. The van der Waals surface area contributed by atoms with E-state index in [0.717, 1.165) is 32.2 Å². The molecule has 1 amide bonds. The van der Waals surface area contributed by atoms with E-state index in [1.165, 1.54) is 24.3 Å². The zero-order valence-corrected chi connectivity index (χ0v) is 13.1. The van der Waals surface area contributed by atoms with Gasteiger partial charge in [0.15, 0.2) is 6.10 Å². The lowest BCUT2D eigenvalue weighted by atomic mass is 9.99. The quantitative estimate of drug-likeness (QED) is 0.869. The van der Waals surface area contributed by atoms with Crippen LogP contribution in [0.1, 0.15) is 49.9 Å². The molecule has 0 aromatic heterocycles. The Hall–Kier alpha value is -2.04. The Morgan fingerprint density at radius 2 is 2.00 bits per heavy atom. The van der Waals surface area contributed by atoms with Crippen LogP contribution in [0.3, 0.4) is 0 Å². The first-order valence-corrected chi connectivity index (χ1v) is 7.83. The summed E-state index contributed by atoms with van der Waals surface area (Å²) in [6, 6.07) is 6.03. The number of amides is 1. The molecule has 1 aliphatic heterocycles. The summed E-state index contributed by atoms with van der Waals surface area (Å²) in [4.78, 5) is 26.4. The molecule has 1 saturated heterocycles. The fraction of sp³-hybridized carbons (Fsp3) is 0.529. The number of carbonyl (C=O) groups excluding carboxylic acids is 2. The van der Waals surface area contributed by atoms with Crippen LogP contribution in [0.15, 0.2) is 24.3 Å². The molecule has 1 aliphatic rings. The van der Waals surface area contributed by atoms with E-state index in [9.17, 15) is 14.7 Å². The van der Waals surface area contributed by atoms with E-state index in [0.29, 0.717) is 5.56 Å². The molecule has 0 saturated carbocycles. The van der Waals surface area contributed by atoms with Gasteiger partial charge in [0, 0.05) is 12.6 Å². The van der Waals surface area contributed by atoms with Crippen molar-refractivity contribution in [2.24, 2.45) is 0 Å². The van der Waals surface area contributed by atoms with Gasteiger partial charge in [0.25, 0.3) is 5.91 Å². The number of nitrogens with zero attached hydrogens (tertiary/aromatic N) is 1. The van der Waals surface area contributed by atoms with Gasteiger partial charge in [0.05, 0.1) is 5.56 Å². The van der Waals surface area contributed by atoms with E-state index in [1.54, 1.807) is 6.92 Å². The van der Waals surface area contributed by atoms with Crippen LogP contribution in [-0.4, -0.2) is 40.6 Å². The lowest BCUT2D eigenvalue weighted by Gasteiger charge is -2.36. The number of ether oxygens (including phenoxy) is 1. The Bertz CT molecular complexity index is 526. The highest BCUT2D eigenvalue weighted by Crippen LogP contribution is 2.21. The van der Waals surface area contributed by atoms with Gasteiger partial charge in [-0.3, -0.25) is 4.79 Å². The fourth-order valence-corrected chi connectivity index (χ4v) is 2.83. The van der Waals surface area contributed by atoms with Crippen LogP contribution in [-0.2, 0) is 9.53 Å². The number of likely N-dealkylation sites (tertiary alicyclic amines) is 1. The highest BCUT2D eigenvalue weighted by Gasteiger charge is 2.30. The highest BCUT2D eigenvalue weighted by atomic mass is 16.5. The van der Waals surface area contributed by atoms with Crippen LogP contribution in [0.2, 0.25) is 0 Å². The van der Waals surface area contributed by atoms with Gasteiger partial charge < -0.3 is 14.7 Å². The second kappa shape index (κ2) is 7.29. The maximum atomic E-state index is 12.5. The van der Waals surface area contributed by atoms with Crippen molar-refractivity contribution in [3.63, 3.8) is 0 Å². The Morgan fingerprint density at radius 3 is 2.64 bits per heavy atom. The van der Waals surface area contributed by atoms with E-state index in [4.69, 9.17) is 4.74 Å². The number of esters is 1. The van der Waals surface area contributed by atoms with Crippen molar-refractivity contribution in [1.82, 2.24) is 4.90 Å². The average Bonchev–Trinajstić information content (AvgIpc) is 2.54. The normalized spacial score (nSPS) is 19.5. The molecule has 2 atom stereocenters. The van der Waals surface area contributed by atoms with Crippen molar-refractivity contribution in [2.45, 2.75) is 51.7 Å². The van der Waals surface area contributed by atoms with Crippen LogP contribution < -0.4 is 0 Å².